The highest BCUT2D eigenvalue weighted by atomic mass is 31.2. The van der Waals surface area contributed by atoms with Crippen molar-refractivity contribution < 1.29 is 9.49 Å². The molecule has 100 valence electrons. The summed E-state index contributed by atoms with van der Waals surface area (Å²) in [6, 6.07) is 6.40. The molecule has 0 saturated carbocycles. The Morgan fingerprint density at radius 1 is 1.11 bits per heavy atom. The Labute approximate surface area is 108 Å². The number of rotatable bonds is 7. The fraction of sp³-hybridized carbons (Fsp3) is 0.538. The topological polar surface area (TPSA) is 60.2 Å². The molecule has 0 radical (unpaired) electrons. The Morgan fingerprint density at radius 3 is 2.00 bits per heavy atom. The smallest absolute Gasteiger partial charge is 0.269 e. The molecule has 0 bridgehead atoms. The molecule has 4 nitrogen and oxygen atoms in total. The zero-order chi connectivity index (χ0) is 13.6. The van der Waals surface area contributed by atoms with Crippen LogP contribution in [0.4, 0.5) is 5.69 Å². The first-order chi connectivity index (χ1) is 8.50. The third kappa shape index (κ3) is 4.26. The first-order valence-electron chi connectivity index (χ1n) is 6.31. The molecule has 0 fully saturated rings. The number of nitro groups is 1. The predicted octanol–water partition coefficient (Wildman–Crippen LogP) is 4.28. The summed E-state index contributed by atoms with van der Waals surface area (Å²) in [6.07, 6.45) is 3.93. The Hall–Kier alpha value is -1.15. The van der Waals surface area contributed by atoms with Gasteiger partial charge >= 0.3 is 0 Å². The lowest BCUT2D eigenvalue weighted by Crippen LogP contribution is -1.98. The maximum absolute atomic E-state index is 12.7. The fourth-order valence-electron chi connectivity index (χ4n) is 2.14. The maximum Gasteiger partial charge on any atom is 0.269 e. The van der Waals surface area contributed by atoms with Gasteiger partial charge in [-0.15, -0.1) is 0 Å². The van der Waals surface area contributed by atoms with Gasteiger partial charge in [0.25, 0.3) is 5.69 Å². The average Bonchev–Trinajstić information content (AvgIpc) is 2.30. The van der Waals surface area contributed by atoms with Crippen molar-refractivity contribution in [3.05, 3.63) is 39.9 Å². The van der Waals surface area contributed by atoms with Gasteiger partial charge in [-0.2, -0.15) is 0 Å². The molecule has 0 spiro atoms. The molecule has 0 heterocycles. The second kappa shape index (κ2) is 6.69. The van der Waals surface area contributed by atoms with Crippen LogP contribution >= 0.6 is 7.14 Å². The minimum absolute atomic E-state index is 0.0829. The molecule has 0 N–H and O–H groups in total. The molecular formula is C13H20NO3P. The number of benzene rings is 1. The second-order valence-corrected chi connectivity index (χ2v) is 7.91. The van der Waals surface area contributed by atoms with Gasteiger partial charge in [0.2, 0.25) is 0 Å². The van der Waals surface area contributed by atoms with E-state index < -0.39 is 12.1 Å². The molecule has 0 aromatic heterocycles. The van der Waals surface area contributed by atoms with Crippen LogP contribution in [-0.2, 0) is 10.7 Å². The van der Waals surface area contributed by atoms with Gasteiger partial charge in [-0.3, -0.25) is 10.1 Å². The van der Waals surface area contributed by atoms with Crippen LogP contribution in [-0.4, -0.2) is 17.2 Å². The molecule has 0 aliphatic rings. The van der Waals surface area contributed by atoms with Gasteiger partial charge in [0, 0.05) is 30.6 Å². The lowest BCUT2D eigenvalue weighted by Gasteiger charge is -2.16. The van der Waals surface area contributed by atoms with E-state index in [1.54, 1.807) is 12.1 Å². The standard InChI is InChI=1S/C13H20NO3P/c1-3-9-18(17,10-4-2)11-12-5-7-13(8-6-12)14(15)16/h5-8H,3-4,9-11H2,1-2H3. The lowest BCUT2D eigenvalue weighted by atomic mass is 10.2. The van der Waals surface area contributed by atoms with Crippen LogP contribution < -0.4 is 0 Å². The van der Waals surface area contributed by atoms with Crippen molar-refractivity contribution in [1.82, 2.24) is 0 Å². The summed E-state index contributed by atoms with van der Waals surface area (Å²) in [6.45, 7) is 4.08. The van der Waals surface area contributed by atoms with E-state index in [2.05, 4.69) is 0 Å². The third-order valence-electron chi connectivity index (χ3n) is 2.88. The molecule has 0 aliphatic heterocycles. The van der Waals surface area contributed by atoms with Crippen LogP contribution in [0.2, 0.25) is 0 Å². The van der Waals surface area contributed by atoms with Gasteiger partial charge in [-0.05, 0) is 18.4 Å². The molecule has 18 heavy (non-hydrogen) atoms. The van der Waals surface area contributed by atoms with Gasteiger partial charge in [0.15, 0.2) is 0 Å². The molecule has 1 aromatic rings. The SMILES string of the molecule is CCCP(=O)(CCC)Cc1ccc([N+](=O)[O-])cc1. The van der Waals surface area contributed by atoms with Crippen molar-refractivity contribution >= 4 is 12.8 Å². The molecule has 1 rings (SSSR count). The molecule has 0 atom stereocenters. The first-order valence-corrected chi connectivity index (χ1v) is 8.57. The summed E-state index contributed by atoms with van der Waals surface area (Å²) >= 11 is 0. The zero-order valence-electron chi connectivity index (χ0n) is 11.0. The van der Waals surface area contributed by atoms with Crippen molar-refractivity contribution in [3.63, 3.8) is 0 Å². The first kappa shape index (κ1) is 14.9. The highest BCUT2D eigenvalue weighted by Gasteiger charge is 2.20. The summed E-state index contributed by atoms with van der Waals surface area (Å²) in [5.74, 6) is 0. The highest BCUT2D eigenvalue weighted by Crippen LogP contribution is 2.50. The van der Waals surface area contributed by atoms with Crippen molar-refractivity contribution in [1.29, 1.82) is 0 Å². The third-order valence-corrected chi connectivity index (χ3v) is 6.35. The van der Waals surface area contributed by atoms with Gasteiger partial charge in [-0.1, -0.05) is 26.0 Å². The molecular weight excluding hydrogens is 249 g/mol. The fourth-order valence-corrected chi connectivity index (χ4v) is 5.19. The van der Waals surface area contributed by atoms with E-state index in [9.17, 15) is 14.7 Å². The zero-order valence-corrected chi connectivity index (χ0v) is 11.9. The van der Waals surface area contributed by atoms with Crippen molar-refractivity contribution in [2.75, 3.05) is 12.3 Å². The molecule has 0 aliphatic carbocycles. The summed E-state index contributed by atoms with van der Waals surface area (Å²) < 4.78 is 12.7. The second-order valence-electron chi connectivity index (χ2n) is 4.59. The van der Waals surface area contributed by atoms with Crippen LogP contribution in [0, 0.1) is 10.1 Å². The quantitative estimate of drug-likeness (QED) is 0.421. The highest BCUT2D eigenvalue weighted by molar-refractivity contribution is 7.63. The Balaban J connectivity index is 2.81. The van der Waals surface area contributed by atoms with Gasteiger partial charge in [0.05, 0.1) is 12.1 Å². The lowest BCUT2D eigenvalue weighted by molar-refractivity contribution is -0.384. The van der Waals surface area contributed by atoms with E-state index in [0.29, 0.717) is 6.16 Å². The maximum atomic E-state index is 12.7. The Kier molecular flexibility index (Phi) is 5.54. The predicted molar refractivity (Wildman–Crippen MR) is 74.7 cm³/mol. The Morgan fingerprint density at radius 2 is 1.61 bits per heavy atom. The number of nitro benzene ring substituents is 1. The Bertz CT molecular complexity index is 432. The van der Waals surface area contributed by atoms with E-state index in [0.717, 1.165) is 30.7 Å². The van der Waals surface area contributed by atoms with Crippen LogP contribution in [0.5, 0.6) is 0 Å². The average molecular weight is 269 g/mol. The molecule has 1 aromatic carbocycles. The number of nitrogens with zero attached hydrogens (tertiary/aromatic N) is 1. The monoisotopic (exact) mass is 269 g/mol. The summed E-state index contributed by atoms with van der Waals surface area (Å²) in [4.78, 5) is 10.1. The van der Waals surface area contributed by atoms with Crippen molar-refractivity contribution in [2.24, 2.45) is 0 Å². The summed E-state index contributed by atoms with van der Waals surface area (Å²) in [7, 11) is -2.15. The normalized spacial score (nSPS) is 11.4. The van der Waals surface area contributed by atoms with E-state index in [1.165, 1.54) is 12.1 Å². The number of non-ortho nitro benzene ring substituents is 1. The minimum atomic E-state index is -2.15. The van der Waals surface area contributed by atoms with E-state index >= 15 is 0 Å². The number of hydrogen-bond acceptors (Lipinski definition) is 3. The van der Waals surface area contributed by atoms with E-state index in [1.807, 2.05) is 13.8 Å². The van der Waals surface area contributed by atoms with Crippen molar-refractivity contribution in [3.8, 4) is 0 Å². The summed E-state index contributed by atoms with van der Waals surface area (Å²) in [5, 5.41) is 10.6. The molecule has 0 unspecified atom stereocenters. The van der Waals surface area contributed by atoms with Crippen LogP contribution in [0.15, 0.2) is 24.3 Å². The van der Waals surface area contributed by atoms with E-state index in [4.69, 9.17) is 0 Å². The molecule has 5 heteroatoms. The van der Waals surface area contributed by atoms with E-state index in [-0.39, 0.29) is 5.69 Å². The van der Waals surface area contributed by atoms with Crippen LogP contribution in [0.3, 0.4) is 0 Å². The number of hydrogen-bond donors (Lipinski definition) is 0. The van der Waals surface area contributed by atoms with Crippen molar-refractivity contribution in [2.45, 2.75) is 32.9 Å². The van der Waals surface area contributed by atoms with Gasteiger partial charge in [0.1, 0.15) is 0 Å². The molecule has 0 amide bonds. The van der Waals surface area contributed by atoms with Crippen LogP contribution in [0.25, 0.3) is 0 Å². The minimum Gasteiger partial charge on any atom is -0.323 e. The molecule has 0 saturated heterocycles. The largest absolute Gasteiger partial charge is 0.323 e. The van der Waals surface area contributed by atoms with Gasteiger partial charge < -0.3 is 4.57 Å². The van der Waals surface area contributed by atoms with Crippen LogP contribution in [0.1, 0.15) is 32.3 Å². The summed E-state index contributed by atoms with van der Waals surface area (Å²) in [5.41, 5.74) is 1.02. The van der Waals surface area contributed by atoms with Gasteiger partial charge in [-0.25, -0.2) is 0 Å².